The number of hydrogen-bond acceptors (Lipinski definition) is 6. The van der Waals surface area contributed by atoms with Gasteiger partial charge in [0.05, 0.1) is 25.4 Å². The number of hydrogen-bond donors (Lipinski definition) is 2. The van der Waals surface area contributed by atoms with E-state index in [-0.39, 0.29) is 12.6 Å². The summed E-state index contributed by atoms with van der Waals surface area (Å²) in [6.45, 7) is 0.826. The fourth-order valence-electron chi connectivity index (χ4n) is 3.44. The number of halogens is 1. The first-order chi connectivity index (χ1) is 16.2. The quantitative estimate of drug-likeness (QED) is 0.331. The van der Waals surface area contributed by atoms with Crippen molar-refractivity contribution in [2.24, 2.45) is 0 Å². The number of aliphatic hydroxyl groups is 1. The van der Waals surface area contributed by atoms with Gasteiger partial charge < -0.3 is 19.7 Å². The molecule has 1 heterocycles. The van der Waals surface area contributed by atoms with E-state index >= 15 is 0 Å². The van der Waals surface area contributed by atoms with Gasteiger partial charge in [0, 0.05) is 17.1 Å². The van der Waals surface area contributed by atoms with Gasteiger partial charge in [0.25, 0.3) is 0 Å². The molecule has 4 rings (SSSR count). The monoisotopic (exact) mass is 463 g/mol. The second kappa shape index (κ2) is 11.7. The SMILES string of the molecule is O[C@@H](CN[C@H](Cc1ccccc1)c1nc(-c2ccccc2)no1)COCc1ccccc1Cl. The average Bonchev–Trinajstić information content (AvgIpc) is 3.34. The summed E-state index contributed by atoms with van der Waals surface area (Å²) in [6.07, 6.45) is -0.0629. The Labute approximate surface area is 198 Å². The molecule has 0 unspecified atom stereocenters. The van der Waals surface area contributed by atoms with Crippen LogP contribution in [-0.4, -0.2) is 34.5 Å². The normalized spacial score (nSPS) is 13.0. The van der Waals surface area contributed by atoms with Gasteiger partial charge >= 0.3 is 0 Å². The molecule has 170 valence electrons. The van der Waals surface area contributed by atoms with Crippen LogP contribution < -0.4 is 5.32 Å². The molecule has 0 fully saturated rings. The van der Waals surface area contributed by atoms with Crippen molar-refractivity contribution >= 4 is 11.6 Å². The third-order valence-electron chi connectivity index (χ3n) is 5.18. The number of nitrogens with one attached hydrogen (secondary N) is 1. The van der Waals surface area contributed by atoms with Crippen molar-refractivity contribution in [3.8, 4) is 11.4 Å². The molecule has 0 bridgehead atoms. The summed E-state index contributed by atoms with van der Waals surface area (Å²) in [5.41, 5.74) is 2.90. The van der Waals surface area contributed by atoms with Crippen LogP contribution >= 0.6 is 11.6 Å². The third kappa shape index (κ3) is 6.73. The van der Waals surface area contributed by atoms with Crippen molar-refractivity contribution in [3.05, 3.63) is 107 Å². The van der Waals surface area contributed by atoms with Crippen LogP contribution in [0.5, 0.6) is 0 Å². The lowest BCUT2D eigenvalue weighted by molar-refractivity contribution is 0.0271. The molecule has 0 aliphatic rings. The van der Waals surface area contributed by atoms with Gasteiger partial charge in [-0.05, 0) is 23.6 Å². The minimum atomic E-state index is -0.706. The summed E-state index contributed by atoms with van der Waals surface area (Å²) < 4.78 is 11.2. The van der Waals surface area contributed by atoms with Crippen LogP contribution in [0.25, 0.3) is 11.4 Å². The highest BCUT2D eigenvalue weighted by Gasteiger charge is 2.21. The molecule has 2 atom stereocenters. The van der Waals surface area contributed by atoms with E-state index < -0.39 is 6.10 Å². The van der Waals surface area contributed by atoms with E-state index in [4.69, 9.17) is 20.9 Å². The van der Waals surface area contributed by atoms with Crippen LogP contribution in [0, 0.1) is 0 Å². The van der Waals surface area contributed by atoms with E-state index in [1.165, 1.54) is 0 Å². The Hall–Kier alpha value is -3.03. The zero-order chi connectivity index (χ0) is 22.9. The molecule has 0 amide bonds. The minimum Gasteiger partial charge on any atom is -0.389 e. The molecule has 0 aliphatic carbocycles. The molecule has 0 aliphatic heterocycles. The van der Waals surface area contributed by atoms with Gasteiger partial charge in [-0.15, -0.1) is 0 Å². The third-order valence-corrected chi connectivity index (χ3v) is 5.55. The Morgan fingerprint density at radius 3 is 2.39 bits per heavy atom. The van der Waals surface area contributed by atoms with Crippen LogP contribution in [-0.2, 0) is 17.8 Å². The van der Waals surface area contributed by atoms with Crippen molar-refractivity contribution in [1.29, 1.82) is 0 Å². The van der Waals surface area contributed by atoms with Crippen molar-refractivity contribution in [2.75, 3.05) is 13.2 Å². The number of aliphatic hydroxyl groups excluding tert-OH is 1. The molecular weight excluding hydrogens is 438 g/mol. The molecule has 0 saturated carbocycles. The van der Waals surface area contributed by atoms with Gasteiger partial charge in [-0.2, -0.15) is 4.98 Å². The largest absolute Gasteiger partial charge is 0.389 e. The van der Waals surface area contributed by atoms with Crippen LogP contribution in [0.4, 0.5) is 0 Å². The van der Waals surface area contributed by atoms with Crippen LogP contribution in [0.15, 0.2) is 89.5 Å². The molecule has 0 spiro atoms. The Morgan fingerprint density at radius 1 is 0.939 bits per heavy atom. The van der Waals surface area contributed by atoms with E-state index in [1.54, 1.807) is 0 Å². The van der Waals surface area contributed by atoms with E-state index in [0.717, 1.165) is 16.7 Å². The lowest BCUT2D eigenvalue weighted by atomic mass is 10.1. The van der Waals surface area contributed by atoms with E-state index in [1.807, 2.05) is 84.9 Å². The molecule has 4 aromatic rings. The lowest BCUT2D eigenvalue weighted by Crippen LogP contribution is -2.34. The Bertz CT molecular complexity index is 1120. The molecule has 3 aromatic carbocycles. The summed E-state index contributed by atoms with van der Waals surface area (Å²) in [4.78, 5) is 4.60. The standard InChI is InChI=1S/C26H26ClN3O3/c27-23-14-8-7-13-21(23)17-32-18-22(31)16-28-24(15-19-9-3-1-4-10-19)26-29-25(30-33-26)20-11-5-2-6-12-20/h1-14,22,24,28,31H,15-18H2/t22-,24+/m0/s1. The van der Waals surface area contributed by atoms with Crippen molar-refractivity contribution < 1.29 is 14.4 Å². The molecule has 0 saturated heterocycles. The van der Waals surface area contributed by atoms with Crippen molar-refractivity contribution in [3.63, 3.8) is 0 Å². The minimum absolute atomic E-state index is 0.176. The summed E-state index contributed by atoms with van der Waals surface area (Å²) in [7, 11) is 0. The van der Waals surface area contributed by atoms with Gasteiger partial charge in [0.1, 0.15) is 0 Å². The Balaban J connectivity index is 1.38. The molecule has 2 N–H and O–H groups in total. The van der Waals surface area contributed by atoms with Crippen molar-refractivity contribution in [2.45, 2.75) is 25.2 Å². The Morgan fingerprint density at radius 2 is 1.64 bits per heavy atom. The summed E-state index contributed by atoms with van der Waals surface area (Å²) in [6, 6.07) is 27.0. The predicted molar refractivity (Wildman–Crippen MR) is 128 cm³/mol. The predicted octanol–water partition coefficient (Wildman–Crippen LogP) is 4.84. The smallest absolute Gasteiger partial charge is 0.244 e. The van der Waals surface area contributed by atoms with Gasteiger partial charge in [0.2, 0.25) is 11.7 Å². The first kappa shape index (κ1) is 23.1. The highest BCUT2D eigenvalue weighted by molar-refractivity contribution is 6.31. The average molecular weight is 464 g/mol. The number of ether oxygens (including phenoxy) is 1. The zero-order valence-corrected chi connectivity index (χ0v) is 18.9. The molecule has 0 radical (unpaired) electrons. The fourth-order valence-corrected chi connectivity index (χ4v) is 3.63. The van der Waals surface area contributed by atoms with Crippen molar-refractivity contribution in [1.82, 2.24) is 15.5 Å². The maximum absolute atomic E-state index is 10.5. The molecule has 33 heavy (non-hydrogen) atoms. The number of benzene rings is 3. The van der Waals surface area contributed by atoms with Crippen LogP contribution in [0.2, 0.25) is 5.02 Å². The highest BCUT2D eigenvalue weighted by atomic mass is 35.5. The Kier molecular flexibility index (Phi) is 8.22. The number of aromatic nitrogens is 2. The second-order valence-electron chi connectivity index (χ2n) is 7.73. The first-order valence-corrected chi connectivity index (χ1v) is 11.2. The highest BCUT2D eigenvalue weighted by Crippen LogP contribution is 2.21. The summed E-state index contributed by atoms with van der Waals surface area (Å²) in [5, 5.41) is 18.6. The summed E-state index contributed by atoms with van der Waals surface area (Å²) >= 11 is 6.16. The second-order valence-corrected chi connectivity index (χ2v) is 8.14. The molecule has 6 nitrogen and oxygen atoms in total. The maximum atomic E-state index is 10.5. The van der Waals surface area contributed by atoms with E-state index in [9.17, 15) is 5.11 Å². The van der Waals surface area contributed by atoms with E-state index in [2.05, 4.69) is 15.5 Å². The molecular formula is C26H26ClN3O3. The zero-order valence-electron chi connectivity index (χ0n) is 18.1. The topological polar surface area (TPSA) is 80.4 Å². The lowest BCUT2D eigenvalue weighted by Gasteiger charge is -2.18. The number of rotatable bonds is 11. The molecule has 7 heteroatoms. The fraction of sp³-hybridized carbons (Fsp3) is 0.231. The first-order valence-electron chi connectivity index (χ1n) is 10.8. The maximum Gasteiger partial charge on any atom is 0.244 e. The van der Waals surface area contributed by atoms with Crippen LogP contribution in [0.1, 0.15) is 23.1 Å². The van der Waals surface area contributed by atoms with Gasteiger partial charge in [-0.1, -0.05) is 95.6 Å². The van der Waals surface area contributed by atoms with Gasteiger partial charge in [-0.3, -0.25) is 0 Å². The number of nitrogens with zero attached hydrogens (tertiary/aromatic N) is 2. The van der Waals surface area contributed by atoms with Gasteiger partial charge in [0.15, 0.2) is 0 Å². The summed E-state index contributed by atoms with van der Waals surface area (Å²) in [5.74, 6) is 1.01. The van der Waals surface area contributed by atoms with Crippen LogP contribution in [0.3, 0.4) is 0 Å². The van der Waals surface area contributed by atoms with E-state index in [0.29, 0.717) is 36.3 Å². The van der Waals surface area contributed by atoms with Gasteiger partial charge in [-0.25, -0.2) is 0 Å². The molecule has 1 aromatic heterocycles.